The van der Waals surface area contributed by atoms with Crippen LogP contribution in [0.5, 0.6) is 0 Å². The van der Waals surface area contributed by atoms with Crippen LogP contribution in [0, 0.1) is 0 Å². The molecule has 3 heterocycles. The fourth-order valence-corrected chi connectivity index (χ4v) is 23.0. The van der Waals surface area contributed by atoms with E-state index in [1.165, 1.54) is 69.9 Å². The zero-order chi connectivity index (χ0) is 78.3. The first-order valence-electron chi connectivity index (χ1n) is 36.4. The molecule has 17 aromatic rings. The van der Waals surface area contributed by atoms with Crippen molar-refractivity contribution in [3.05, 3.63) is 493 Å². The van der Waals surface area contributed by atoms with E-state index in [1.807, 2.05) is 67.0 Å². The van der Waals surface area contributed by atoms with Crippen LogP contribution in [0.4, 0.5) is 0 Å². The van der Waals surface area contributed by atoms with E-state index in [4.69, 9.17) is 33.2 Å². The number of pyridine rings is 3. The Hall–Kier alpha value is -9.56. The van der Waals surface area contributed by atoms with Crippen molar-refractivity contribution >= 4 is 163 Å². The van der Waals surface area contributed by atoms with Gasteiger partial charge in [-0.25, -0.2) is 0 Å². The van der Waals surface area contributed by atoms with Crippen molar-refractivity contribution < 1.29 is 30.5 Å². The minimum Gasteiger partial charge on any atom is -0.423 e. The molecule has 0 atom stereocenters. The Morgan fingerprint density at radius 1 is 0.219 bits per heavy atom. The van der Waals surface area contributed by atoms with Gasteiger partial charge < -0.3 is 10.0 Å². The molecule has 0 aliphatic heterocycles. The van der Waals surface area contributed by atoms with Crippen molar-refractivity contribution in [2.75, 3.05) is 0 Å². The topological polar surface area (TPSA) is 79.1 Å². The van der Waals surface area contributed by atoms with Crippen LogP contribution in [-0.4, -0.2) is 32.1 Å². The van der Waals surface area contributed by atoms with Crippen LogP contribution in [0.15, 0.2) is 483 Å². The Morgan fingerprint density at radius 3 is 0.570 bits per heavy atom. The van der Waals surface area contributed by atoms with Gasteiger partial charge in [-0.1, -0.05) is 437 Å². The first-order chi connectivity index (χ1) is 55.6. The number of hydrogen-bond donors (Lipinski definition) is 2. The Labute approximate surface area is 717 Å². The van der Waals surface area contributed by atoms with Crippen LogP contribution in [-0.2, 0) is 20.4 Å². The maximum Gasteiger partial charge on any atom is 0.490 e. The summed E-state index contributed by atoms with van der Waals surface area (Å²) >= 11 is 18.5. The van der Waals surface area contributed by atoms with Gasteiger partial charge >= 0.3 is 7.12 Å². The zero-order valence-corrected chi connectivity index (χ0v) is 71.8. The van der Waals surface area contributed by atoms with Gasteiger partial charge in [-0.15, -0.1) is 0 Å². The van der Waals surface area contributed by atoms with Crippen molar-refractivity contribution in [2.24, 2.45) is 0 Å². The molecule has 5 nitrogen and oxygen atoms in total. The third-order valence-electron chi connectivity index (χ3n) is 16.9. The molecule has 564 valence electrons. The normalized spacial score (nSPS) is 10.3. The van der Waals surface area contributed by atoms with Crippen LogP contribution in [0.3, 0.4) is 0 Å². The van der Waals surface area contributed by atoms with Gasteiger partial charge in [0.1, 0.15) is 0 Å². The number of aromatic nitrogens is 3. The monoisotopic (exact) mass is 1810 g/mol. The van der Waals surface area contributed by atoms with Gasteiger partial charge in [0.2, 0.25) is 0 Å². The summed E-state index contributed by atoms with van der Waals surface area (Å²) in [6, 6.07) is 152. The molecule has 0 saturated heterocycles. The number of benzene rings is 14. The molecule has 0 fully saturated rings. The van der Waals surface area contributed by atoms with Gasteiger partial charge in [0.15, 0.2) is 0 Å². The predicted molar refractivity (Wildman–Crippen MR) is 499 cm³/mol. The maximum atomic E-state index is 8.54. The number of hydrogen-bond acceptors (Lipinski definition) is 5. The van der Waals surface area contributed by atoms with E-state index >= 15 is 0 Å². The van der Waals surface area contributed by atoms with Crippen LogP contribution in [0.25, 0.3) is 22.3 Å². The summed E-state index contributed by atoms with van der Waals surface area (Å²) in [6.07, 6.45) is 10.2. The van der Waals surface area contributed by atoms with E-state index in [2.05, 4.69) is 417 Å². The molecule has 0 radical (unpaired) electrons. The largest absolute Gasteiger partial charge is 0.490 e. The van der Waals surface area contributed by atoms with E-state index in [0.717, 1.165) is 36.2 Å². The van der Waals surface area contributed by atoms with Crippen molar-refractivity contribution in [3.63, 3.8) is 0 Å². The average Bonchev–Trinajstić information content (AvgIpc) is 0.828. The number of halogens is 4. The first-order valence-corrected chi connectivity index (χ1v) is 44.1. The fraction of sp³-hybridized carbons (Fsp3) is 0. The second-order valence-corrected chi connectivity index (χ2v) is 36.4. The SMILES string of the molecule is Clc1cc(-c2cccnc2)cc(-c2cccnc2)c1.Clc1cc(Br)cc(Br)c1.OB(O)c1cccnc1.[Pd].c1ccc(P(c2ccccc2)c2ccccc2)cc1.c1ccc(P(c2ccccc2)c2ccccc2)cc1.c1ccc(P(c2ccccc2)c2ccccc2)cc1.c1ccc(P(c2ccccc2)c2ccccc2)cc1. The Morgan fingerprint density at radius 2 is 0.412 bits per heavy atom. The summed E-state index contributed by atoms with van der Waals surface area (Å²) in [5.41, 5.74) is 4.63. The predicted octanol–water partition coefficient (Wildman–Crippen LogP) is 20.9. The van der Waals surface area contributed by atoms with Gasteiger partial charge in [0, 0.05) is 93.2 Å². The van der Waals surface area contributed by atoms with Crippen molar-refractivity contribution in [2.45, 2.75) is 0 Å². The average molecular weight is 1820 g/mol. The molecule has 0 unspecified atom stereocenters. The molecule has 15 heteroatoms. The first kappa shape index (κ1) is 86.8. The Kier molecular flexibility index (Phi) is 37.0. The minimum absolute atomic E-state index is 0. The smallest absolute Gasteiger partial charge is 0.423 e. The van der Waals surface area contributed by atoms with Gasteiger partial charge in [-0.2, -0.15) is 0 Å². The summed E-state index contributed by atoms with van der Waals surface area (Å²) < 4.78 is 1.98. The molecule has 114 heavy (non-hydrogen) atoms. The molecule has 0 spiro atoms. The molecule has 3 aromatic heterocycles. The molecule has 0 aliphatic carbocycles. The molecule has 0 saturated carbocycles. The van der Waals surface area contributed by atoms with E-state index < -0.39 is 38.8 Å². The standard InChI is InChI=1S/4C18H15P.C16H11ClN2.C6H3Br2Cl.C5H6BNO2.Pd/c4*1-4-10-16(11-5-1)19(17-12-6-2-7-13-17)18-14-8-3-9-15-18;17-16-8-14(12-3-1-5-18-10-12)7-15(9-16)13-4-2-6-19-11-13;7-4-1-5(8)3-6(9)2-4;8-6(9)5-2-1-3-7-4-5;/h4*1-15H;1-11H;1-3H;1-4,8-9H;. The maximum absolute atomic E-state index is 8.54. The van der Waals surface area contributed by atoms with Crippen LogP contribution < -0.4 is 69.1 Å². The molecule has 14 aromatic carbocycles. The Bertz CT molecular complexity index is 4510. The van der Waals surface area contributed by atoms with Gasteiger partial charge in [0.25, 0.3) is 0 Å². The second-order valence-electron chi connectivity index (χ2n) is 24.8. The van der Waals surface area contributed by atoms with Crippen LogP contribution >= 0.6 is 86.7 Å². The van der Waals surface area contributed by atoms with Crippen molar-refractivity contribution in [3.8, 4) is 22.3 Å². The summed E-state index contributed by atoms with van der Waals surface area (Å²) in [4.78, 5) is 12.0. The van der Waals surface area contributed by atoms with Crippen molar-refractivity contribution in [1.82, 2.24) is 15.0 Å². The third-order valence-corrected chi connectivity index (χ3v) is 28.0. The molecule has 17 rings (SSSR count). The molecule has 0 aliphatic rings. The van der Waals surface area contributed by atoms with Crippen LogP contribution in [0.1, 0.15) is 0 Å². The van der Waals surface area contributed by atoms with E-state index in [0.29, 0.717) is 10.5 Å². The fourth-order valence-electron chi connectivity index (χ4n) is 11.8. The zero-order valence-electron chi connectivity index (χ0n) is 62.0. The molecule has 0 amide bonds. The molecule has 2 N–H and O–H groups in total. The molecule has 0 bridgehead atoms. The quantitative estimate of drug-likeness (QED) is 0.0790. The van der Waals surface area contributed by atoms with Crippen molar-refractivity contribution in [1.29, 1.82) is 0 Å². The van der Waals surface area contributed by atoms with E-state index in [-0.39, 0.29) is 20.4 Å². The third kappa shape index (κ3) is 27.9. The van der Waals surface area contributed by atoms with Gasteiger partial charge in [0.05, 0.1) is 0 Å². The second kappa shape index (κ2) is 48.6. The summed E-state index contributed by atoms with van der Waals surface area (Å²) in [5.74, 6) is 0. The van der Waals surface area contributed by atoms with E-state index in [9.17, 15) is 0 Å². The molecular weight excluding hydrogens is 1730 g/mol. The summed E-state index contributed by atoms with van der Waals surface area (Å²) in [6.45, 7) is 0. The number of nitrogens with zero attached hydrogens (tertiary/aromatic N) is 3. The van der Waals surface area contributed by atoms with Gasteiger partial charge in [-0.05, 0) is 161 Å². The molecular formula is C99H80BBr2Cl2N3O2P4Pd. The van der Waals surface area contributed by atoms with E-state index in [1.54, 1.807) is 30.7 Å². The Balaban J connectivity index is 0.000000143. The minimum atomic E-state index is -1.40. The summed E-state index contributed by atoms with van der Waals surface area (Å²) in [5, 5.41) is 35.3. The number of rotatable bonds is 15. The van der Waals surface area contributed by atoms with Gasteiger partial charge in [-0.3, -0.25) is 15.0 Å². The summed E-state index contributed by atoms with van der Waals surface area (Å²) in [7, 11) is -3.19. The van der Waals surface area contributed by atoms with Crippen LogP contribution in [0.2, 0.25) is 10.0 Å².